The van der Waals surface area contributed by atoms with Crippen molar-refractivity contribution in [2.24, 2.45) is 0 Å². The van der Waals surface area contributed by atoms with Crippen LogP contribution >= 0.6 is 11.8 Å². The van der Waals surface area contributed by atoms with Crippen molar-refractivity contribution >= 4 is 29.3 Å². The van der Waals surface area contributed by atoms with Gasteiger partial charge in [0.2, 0.25) is 11.7 Å². The normalized spacial score (nSPS) is 11.2. The lowest BCUT2D eigenvalue weighted by Gasteiger charge is -2.17. The summed E-state index contributed by atoms with van der Waals surface area (Å²) in [6, 6.07) is 13.1. The standard InChI is InChI=1S/C31H31F4N5O5S/c1-4-43-24-15-19(16-25(44-5-2)28(24)45-6-3)29(42)36-17-26-38-39-30(40(26)21-13-11-20(32)12-14-21)46-18-27(41)37-23-10-8-7-9-22(23)31(33,34)35/h7-16H,4-6,17-18H2,1-3H3,(H,36,42)(H,37,41). The first kappa shape index (κ1) is 34.1. The molecule has 2 N–H and O–H groups in total. The maximum atomic E-state index is 13.7. The third kappa shape index (κ3) is 8.47. The van der Waals surface area contributed by atoms with Gasteiger partial charge < -0.3 is 24.8 Å². The predicted octanol–water partition coefficient (Wildman–Crippen LogP) is 6.28. The molecule has 1 heterocycles. The van der Waals surface area contributed by atoms with Crippen molar-refractivity contribution in [3.63, 3.8) is 0 Å². The van der Waals surface area contributed by atoms with Crippen LogP contribution in [0, 0.1) is 5.82 Å². The number of alkyl halides is 3. The molecule has 0 aliphatic heterocycles. The molecule has 10 nitrogen and oxygen atoms in total. The molecular formula is C31H31F4N5O5S. The second-order valence-electron chi connectivity index (χ2n) is 9.37. The van der Waals surface area contributed by atoms with Crippen molar-refractivity contribution in [3.8, 4) is 22.9 Å². The van der Waals surface area contributed by atoms with Gasteiger partial charge in [-0.2, -0.15) is 13.2 Å². The maximum absolute atomic E-state index is 13.7. The van der Waals surface area contributed by atoms with Crippen molar-refractivity contribution in [1.29, 1.82) is 0 Å². The van der Waals surface area contributed by atoms with Crippen molar-refractivity contribution in [2.75, 3.05) is 30.9 Å². The number of amides is 2. The molecule has 0 aliphatic rings. The molecule has 0 aliphatic carbocycles. The van der Waals surface area contributed by atoms with E-state index in [1.165, 1.54) is 53.1 Å². The zero-order chi connectivity index (χ0) is 33.3. The Labute approximate surface area is 266 Å². The molecule has 3 aromatic carbocycles. The highest BCUT2D eigenvalue weighted by Crippen LogP contribution is 2.39. The number of hydrogen-bond donors (Lipinski definition) is 2. The summed E-state index contributed by atoms with van der Waals surface area (Å²) in [4.78, 5) is 25.9. The number of halogens is 4. The highest BCUT2D eigenvalue weighted by molar-refractivity contribution is 7.99. The molecule has 0 spiro atoms. The summed E-state index contributed by atoms with van der Waals surface area (Å²) < 4.78 is 72.4. The van der Waals surface area contributed by atoms with Crippen LogP contribution in [0.4, 0.5) is 23.2 Å². The minimum absolute atomic E-state index is 0.129. The number of carbonyl (C=O) groups is 2. The van der Waals surface area contributed by atoms with Gasteiger partial charge in [-0.25, -0.2) is 4.39 Å². The number of ether oxygens (including phenoxy) is 3. The molecule has 0 radical (unpaired) electrons. The second-order valence-corrected chi connectivity index (χ2v) is 10.3. The van der Waals surface area contributed by atoms with Gasteiger partial charge in [-0.1, -0.05) is 23.9 Å². The van der Waals surface area contributed by atoms with Crippen molar-refractivity contribution in [2.45, 2.75) is 38.6 Å². The number of nitrogens with one attached hydrogen (secondary N) is 2. The number of nitrogens with zero attached hydrogens (tertiary/aromatic N) is 3. The zero-order valence-corrected chi connectivity index (χ0v) is 25.9. The number of rotatable bonds is 14. The topological polar surface area (TPSA) is 117 Å². The first-order valence-electron chi connectivity index (χ1n) is 14.2. The number of aromatic nitrogens is 3. The number of hydrogen-bond acceptors (Lipinski definition) is 8. The Bertz CT molecular complexity index is 1640. The van der Waals surface area contributed by atoms with Crippen LogP contribution < -0.4 is 24.8 Å². The molecule has 0 saturated heterocycles. The van der Waals surface area contributed by atoms with Crippen LogP contribution in [-0.2, 0) is 17.5 Å². The van der Waals surface area contributed by atoms with E-state index in [0.717, 1.165) is 23.9 Å². The second kappa shape index (κ2) is 15.5. The molecule has 46 heavy (non-hydrogen) atoms. The van der Waals surface area contributed by atoms with Gasteiger partial charge in [-0.15, -0.1) is 10.2 Å². The van der Waals surface area contributed by atoms with Crippen LogP contribution in [0.15, 0.2) is 65.8 Å². The molecule has 4 rings (SSSR count). The number of anilines is 1. The Morgan fingerprint density at radius 2 is 1.52 bits per heavy atom. The van der Waals surface area contributed by atoms with Gasteiger partial charge in [0.25, 0.3) is 5.91 Å². The molecule has 0 atom stereocenters. The number of carbonyl (C=O) groups excluding carboxylic acids is 2. The van der Waals surface area contributed by atoms with E-state index in [9.17, 15) is 27.2 Å². The summed E-state index contributed by atoms with van der Waals surface area (Å²) in [7, 11) is 0. The SMILES string of the molecule is CCOc1cc(C(=O)NCc2nnc(SCC(=O)Nc3ccccc3C(F)(F)F)n2-c2ccc(F)cc2)cc(OCC)c1OCC. The Kier molecular flexibility index (Phi) is 11.5. The van der Waals surface area contributed by atoms with Crippen molar-refractivity contribution in [1.82, 2.24) is 20.1 Å². The lowest BCUT2D eigenvalue weighted by Crippen LogP contribution is -2.25. The highest BCUT2D eigenvalue weighted by Gasteiger charge is 2.33. The average Bonchev–Trinajstić information content (AvgIpc) is 3.43. The van der Waals surface area contributed by atoms with Gasteiger partial charge in [0.05, 0.1) is 43.4 Å². The summed E-state index contributed by atoms with van der Waals surface area (Å²) in [5, 5.41) is 13.5. The third-order valence-corrected chi connectivity index (χ3v) is 7.13. The summed E-state index contributed by atoms with van der Waals surface area (Å²) in [6.07, 6.45) is -4.65. The Morgan fingerprint density at radius 3 is 2.13 bits per heavy atom. The first-order valence-corrected chi connectivity index (χ1v) is 15.2. The quantitative estimate of drug-likeness (QED) is 0.120. The van der Waals surface area contributed by atoms with Gasteiger partial charge in [0.1, 0.15) is 5.82 Å². The summed E-state index contributed by atoms with van der Waals surface area (Å²) >= 11 is 0.902. The van der Waals surface area contributed by atoms with Crippen LogP contribution in [0.1, 0.15) is 42.5 Å². The van der Waals surface area contributed by atoms with Crippen LogP contribution in [0.3, 0.4) is 0 Å². The number of benzene rings is 3. The van der Waals surface area contributed by atoms with Crippen LogP contribution in [0.25, 0.3) is 5.69 Å². The predicted molar refractivity (Wildman–Crippen MR) is 163 cm³/mol. The maximum Gasteiger partial charge on any atom is 0.418 e. The molecule has 244 valence electrons. The number of para-hydroxylation sites is 1. The van der Waals surface area contributed by atoms with Crippen LogP contribution in [-0.4, -0.2) is 52.2 Å². The Balaban J connectivity index is 1.55. The van der Waals surface area contributed by atoms with E-state index >= 15 is 0 Å². The van der Waals surface area contributed by atoms with E-state index in [0.29, 0.717) is 42.8 Å². The van der Waals surface area contributed by atoms with Gasteiger partial charge >= 0.3 is 6.18 Å². The van der Waals surface area contributed by atoms with Crippen molar-refractivity contribution in [3.05, 3.63) is 83.4 Å². The monoisotopic (exact) mass is 661 g/mol. The van der Waals surface area contributed by atoms with Gasteiger partial charge in [-0.05, 0) is 69.3 Å². The lowest BCUT2D eigenvalue weighted by molar-refractivity contribution is -0.137. The summed E-state index contributed by atoms with van der Waals surface area (Å²) in [6.45, 7) is 6.28. The third-order valence-electron chi connectivity index (χ3n) is 6.20. The van der Waals surface area contributed by atoms with E-state index in [2.05, 4.69) is 20.8 Å². The molecule has 15 heteroatoms. The fourth-order valence-electron chi connectivity index (χ4n) is 4.29. The molecule has 0 unspecified atom stereocenters. The molecule has 0 bridgehead atoms. The Hall–Kier alpha value is -4.79. The summed E-state index contributed by atoms with van der Waals surface area (Å²) in [5.74, 6) is -0.710. The molecular weight excluding hydrogens is 630 g/mol. The molecule has 0 saturated carbocycles. The van der Waals surface area contributed by atoms with Gasteiger partial charge in [0.15, 0.2) is 22.5 Å². The molecule has 1 aromatic heterocycles. The molecule has 2 amide bonds. The molecule has 4 aromatic rings. The van der Waals surface area contributed by atoms with E-state index in [-0.39, 0.29) is 34.5 Å². The lowest BCUT2D eigenvalue weighted by atomic mass is 10.1. The smallest absolute Gasteiger partial charge is 0.418 e. The minimum Gasteiger partial charge on any atom is -0.490 e. The van der Waals surface area contributed by atoms with E-state index in [4.69, 9.17) is 14.2 Å². The highest BCUT2D eigenvalue weighted by atomic mass is 32.2. The number of thioether (sulfide) groups is 1. The van der Waals surface area contributed by atoms with Crippen LogP contribution in [0.2, 0.25) is 0 Å². The minimum atomic E-state index is -4.65. The van der Waals surface area contributed by atoms with E-state index < -0.39 is 29.4 Å². The zero-order valence-electron chi connectivity index (χ0n) is 25.1. The van der Waals surface area contributed by atoms with Gasteiger partial charge in [-0.3, -0.25) is 14.2 Å². The van der Waals surface area contributed by atoms with Crippen LogP contribution in [0.5, 0.6) is 17.2 Å². The molecule has 0 fully saturated rings. The van der Waals surface area contributed by atoms with E-state index in [1.54, 1.807) is 13.8 Å². The average molecular weight is 662 g/mol. The van der Waals surface area contributed by atoms with Crippen molar-refractivity contribution < 1.29 is 41.4 Å². The Morgan fingerprint density at radius 1 is 0.891 bits per heavy atom. The fourth-order valence-corrected chi connectivity index (χ4v) is 5.07. The van der Waals surface area contributed by atoms with E-state index in [1.807, 2.05) is 6.92 Å². The largest absolute Gasteiger partial charge is 0.490 e. The van der Waals surface area contributed by atoms with Gasteiger partial charge in [0, 0.05) is 11.3 Å². The fraction of sp³-hybridized carbons (Fsp3) is 0.290. The summed E-state index contributed by atoms with van der Waals surface area (Å²) in [5.41, 5.74) is -0.693. The first-order chi connectivity index (χ1) is 22.0.